The van der Waals surface area contributed by atoms with Crippen molar-refractivity contribution in [1.82, 2.24) is 9.80 Å². The summed E-state index contributed by atoms with van der Waals surface area (Å²) in [5, 5.41) is 0. The average Bonchev–Trinajstić information content (AvgIpc) is 2.25. The number of likely N-dealkylation sites (N-methyl/N-ethyl adjacent to an activating group) is 1. The number of piperazine rings is 1. The first-order valence-electron chi connectivity index (χ1n) is 5.48. The van der Waals surface area contributed by atoms with Crippen molar-refractivity contribution >= 4 is 5.91 Å². The van der Waals surface area contributed by atoms with E-state index in [1.54, 1.807) is 6.08 Å². The van der Waals surface area contributed by atoms with E-state index in [1.165, 1.54) is 0 Å². The van der Waals surface area contributed by atoms with Gasteiger partial charge in [0.25, 0.3) is 0 Å². The summed E-state index contributed by atoms with van der Waals surface area (Å²) in [5.74, 6) is 0.207. The molecule has 0 aromatic carbocycles. The van der Waals surface area contributed by atoms with Gasteiger partial charge in [0.05, 0.1) is 6.04 Å². The van der Waals surface area contributed by atoms with Crippen LogP contribution in [0.4, 0.5) is 0 Å². The molecule has 86 valence electrons. The quantitative estimate of drug-likeness (QED) is 0.669. The Morgan fingerprint density at radius 3 is 2.93 bits per heavy atom. The molecular weight excluding hydrogens is 190 g/mol. The van der Waals surface area contributed by atoms with Gasteiger partial charge in [-0.3, -0.25) is 4.79 Å². The second kappa shape index (κ2) is 5.88. The van der Waals surface area contributed by atoms with Crippen LogP contribution in [0.5, 0.6) is 0 Å². The number of amides is 1. The summed E-state index contributed by atoms with van der Waals surface area (Å²) in [7, 11) is 2.06. The number of hydrogen-bond acceptors (Lipinski definition) is 3. The van der Waals surface area contributed by atoms with Crippen molar-refractivity contribution in [3.8, 4) is 0 Å². The van der Waals surface area contributed by atoms with Crippen molar-refractivity contribution in [1.29, 1.82) is 0 Å². The lowest BCUT2D eigenvalue weighted by atomic mass is 10.1. The molecule has 1 fully saturated rings. The molecule has 0 radical (unpaired) electrons. The Morgan fingerprint density at radius 1 is 1.60 bits per heavy atom. The van der Waals surface area contributed by atoms with Crippen LogP contribution in [-0.2, 0) is 4.79 Å². The predicted octanol–water partition coefficient (Wildman–Crippen LogP) is 0.0539. The minimum Gasteiger partial charge on any atom is -0.336 e. The molecule has 1 aliphatic heterocycles. The van der Waals surface area contributed by atoms with Crippen molar-refractivity contribution in [3.63, 3.8) is 0 Å². The average molecular weight is 211 g/mol. The Kier molecular flexibility index (Phi) is 4.78. The molecule has 4 heteroatoms. The molecule has 1 amide bonds. The Bertz CT molecular complexity index is 230. The van der Waals surface area contributed by atoms with E-state index in [0.29, 0.717) is 13.0 Å². The van der Waals surface area contributed by atoms with Crippen LogP contribution in [0, 0.1) is 0 Å². The standard InChI is InChI=1S/C11H21N3O/c1-3-4-5-11(15)14-7-6-13(2)9-10(14)8-12/h3,10H,1,4-9,12H2,2H3. The third-order valence-electron chi connectivity index (χ3n) is 2.84. The normalized spacial score (nSPS) is 22.8. The minimum atomic E-state index is 0.182. The molecule has 2 N–H and O–H groups in total. The fourth-order valence-corrected chi connectivity index (χ4v) is 1.91. The molecule has 1 aliphatic rings. The highest BCUT2D eigenvalue weighted by atomic mass is 16.2. The van der Waals surface area contributed by atoms with Gasteiger partial charge in [0.15, 0.2) is 0 Å². The zero-order valence-electron chi connectivity index (χ0n) is 9.48. The number of rotatable bonds is 4. The molecule has 1 rings (SSSR count). The number of carbonyl (C=O) groups excluding carboxylic acids is 1. The molecule has 0 aromatic rings. The van der Waals surface area contributed by atoms with Gasteiger partial charge in [0.1, 0.15) is 0 Å². The maximum Gasteiger partial charge on any atom is 0.223 e. The van der Waals surface area contributed by atoms with Crippen LogP contribution in [0.25, 0.3) is 0 Å². The van der Waals surface area contributed by atoms with Crippen LogP contribution in [-0.4, -0.2) is 55.0 Å². The molecular formula is C11H21N3O. The van der Waals surface area contributed by atoms with E-state index >= 15 is 0 Å². The lowest BCUT2D eigenvalue weighted by Crippen LogP contribution is -2.56. The van der Waals surface area contributed by atoms with Gasteiger partial charge in [-0.1, -0.05) is 6.08 Å². The molecule has 1 heterocycles. The van der Waals surface area contributed by atoms with Gasteiger partial charge in [-0.15, -0.1) is 6.58 Å². The number of carbonyl (C=O) groups is 1. The zero-order valence-corrected chi connectivity index (χ0v) is 9.48. The van der Waals surface area contributed by atoms with Gasteiger partial charge in [0.2, 0.25) is 5.91 Å². The largest absolute Gasteiger partial charge is 0.336 e. The number of nitrogens with zero attached hydrogens (tertiary/aromatic N) is 2. The summed E-state index contributed by atoms with van der Waals surface area (Å²) in [6.07, 6.45) is 3.09. The summed E-state index contributed by atoms with van der Waals surface area (Å²) in [4.78, 5) is 16.0. The third kappa shape index (κ3) is 3.32. The van der Waals surface area contributed by atoms with E-state index in [4.69, 9.17) is 5.73 Å². The summed E-state index contributed by atoms with van der Waals surface area (Å²) < 4.78 is 0. The Hall–Kier alpha value is -0.870. The fourth-order valence-electron chi connectivity index (χ4n) is 1.91. The van der Waals surface area contributed by atoms with E-state index in [0.717, 1.165) is 26.1 Å². The van der Waals surface area contributed by atoms with E-state index in [2.05, 4.69) is 18.5 Å². The number of nitrogens with two attached hydrogens (primary N) is 1. The smallest absolute Gasteiger partial charge is 0.223 e. The van der Waals surface area contributed by atoms with Crippen molar-refractivity contribution in [2.24, 2.45) is 5.73 Å². The molecule has 1 atom stereocenters. The van der Waals surface area contributed by atoms with E-state index in [-0.39, 0.29) is 11.9 Å². The fraction of sp³-hybridized carbons (Fsp3) is 0.727. The van der Waals surface area contributed by atoms with E-state index < -0.39 is 0 Å². The van der Waals surface area contributed by atoms with Crippen molar-refractivity contribution in [2.45, 2.75) is 18.9 Å². The Morgan fingerprint density at radius 2 is 2.33 bits per heavy atom. The van der Waals surface area contributed by atoms with Gasteiger partial charge < -0.3 is 15.5 Å². The van der Waals surface area contributed by atoms with E-state index in [9.17, 15) is 4.79 Å². The highest BCUT2D eigenvalue weighted by Gasteiger charge is 2.27. The molecule has 0 aromatic heterocycles. The zero-order chi connectivity index (χ0) is 11.3. The van der Waals surface area contributed by atoms with Gasteiger partial charge in [-0.2, -0.15) is 0 Å². The van der Waals surface area contributed by atoms with Crippen LogP contribution in [0.2, 0.25) is 0 Å². The molecule has 0 spiro atoms. The topological polar surface area (TPSA) is 49.6 Å². The molecule has 0 bridgehead atoms. The second-order valence-corrected chi connectivity index (χ2v) is 4.07. The number of allylic oxidation sites excluding steroid dienone is 1. The SMILES string of the molecule is C=CCCC(=O)N1CCN(C)CC1CN. The van der Waals surface area contributed by atoms with Gasteiger partial charge in [-0.25, -0.2) is 0 Å². The molecule has 0 saturated carbocycles. The van der Waals surface area contributed by atoms with E-state index in [1.807, 2.05) is 4.90 Å². The maximum absolute atomic E-state index is 11.8. The highest BCUT2D eigenvalue weighted by molar-refractivity contribution is 5.76. The maximum atomic E-state index is 11.8. The Labute approximate surface area is 91.7 Å². The third-order valence-corrected chi connectivity index (χ3v) is 2.84. The van der Waals surface area contributed by atoms with Crippen LogP contribution in [0.1, 0.15) is 12.8 Å². The van der Waals surface area contributed by atoms with Crippen LogP contribution < -0.4 is 5.73 Å². The summed E-state index contributed by atoms with van der Waals surface area (Å²) in [5.41, 5.74) is 5.68. The first kappa shape index (κ1) is 12.2. The Balaban J connectivity index is 2.51. The molecule has 1 unspecified atom stereocenters. The summed E-state index contributed by atoms with van der Waals surface area (Å²) in [6, 6.07) is 0.182. The lowest BCUT2D eigenvalue weighted by Gasteiger charge is -2.39. The van der Waals surface area contributed by atoms with Crippen molar-refractivity contribution < 1.29 is 4.79 Å². The first-order valence-corrected chi connectivity index (χ1v) is 5.48. The molecule has 1 saturated heterocycles. The van der Waals surface area contributed by atoms with Crippen LogP contribution in [0.3, 0.4) is 0 Å². The second-order valence-electron chi connectivity index (χ2n) is 4.07. The predicted molar refractivity (Wildman–Crippen MR) is 61.5 cm³/mol. The summed E-state index contributed by atoms with van der Waals surface area (Å²) in [6.45, 7) is 6.80. The first-order chi connectivity index (χ1) is 7.19. The molecule has 15 heavy (non-hydrogen) atoms. The summed E-state index contributed by atoms with van der Waals surface area (Å²) >= 11 is 0. The highest BCUT2D eigenvalue weighted by Crippen LogP contribution is 2.10. The molecule has 4 nitrogen and oxygen atoms in total. The van der Waals surface area contributed by atoms with Gasteiger partial charge in [0, 0.05) is 32.6 Å². The minimum absolute atomic E-state index is 0.182. The van der Waals surface area contributed by atoms with Gasteiger partial charge in [-0.05, 0) is 13.5 Å². The van der Waals surface area contributed by atoms with Crippen LogP contribution in [0.15, 0.2) is 12.7 Å². The van der Waals surface area contributed by atoms with Crippen molar-refractivity contribution in [3.05, 3.63) is 12.7 Å². The molecule has 0 aliphatic carbocycles. The lowest BCUT2D eigenvalue weighted by molar-refractivity contribution is -0.135. The van der Waals surface area contributed by atoms with Gasteiger partial charge >= 0.3 is 0 Å². The monoisotopic (exact) mass is 211 g/mol. The number of hydrogen-bond donors (Lipinski definition) is 1. The van der Waals surface area contributed by atoms with Crippen molar-refractivity contribution in [2.75, 3.05) is 33.2 Å². The van der Waals surface area contributed by atoms with Crippen LogP contribution >= 0.6 is 0 Å².